The number of amides is 2. The van der Waals surface area contributed by atoms with Crippen molar-refractivity contribution in [3.63, 3.8) is 0 Å². The number of nitrogens with one attached hydrogen (secondary N) is 2. The van der Waals surface area contributed by atoms with Crippen molar-refractivity contribution in [2.24, 2.45) is 5.92 Å². The fraction of sp³-hybridized carbons (Fsp3) is 0.429. The van der Waals surface area contributed by atoms with Gasteiger partial charge in [0.15, 0.2) is 5.82 Å². The van der Waals surface area contributed by atoms with E-state index in [1.54, 1.807) is 4.90 Å². The molecule has 2 saturated heterocycles. The van der Waals surface area contributed by atoms with Gasteiger partial charge in [0, 0.05) is 31.4 Å². The summed E-state index contributed by atoms with van der Waals surface area (Å²) >= 11 is 1.53. The number of hydrogen-bond donors (Lipinski definition) is 2. The Bertz CT molecular complexity index is 1300. The van der Waals surface area contributed by atoms with Crippen molar-refractivity contribution in [1.29, 1.82) is 0 Å². The van der Waals surface area contributed by atoms with Crippen LogP contribution in [0, 0.1) is 5.92 Å². The molecule has 2 aliphatic heterocycles. The summed E-state index contributed by atoms with van der Waals surface area (Å²) in [4.78, 5) is 37.3. The van der Waals surface area contributed by atoms with E-state index in [1.807, 2.05) is 16.3 Å². The second kappa shape index (κ2) is 11.4. The molecule has 38 heavy (non-hydrogen) atoms. The van der Waals surface area contributed by atoms with Gasteiger partial charge in [-0.2, -0.15) is 4.98 Å². The van der Waals surface area contributed by atoms with E-state index in [0.717, 1.165) is 48.3 Å². The average Bonchev–Trinajstić information content (AvgIpc) is 3.56. The quantitative estimate of drug-likeness (QED) is 0.376. The van der Waals surface area contributed by atoms with Crippen LogP contribution < -0.4 is 15.5 Å². The first-order chi connectivity index (χ1) is 18.4. The molecule has 2 aromatic heterocycles. The SMILES string of the molecule is C=CC(=O)N1CCC(Nc2ccc(CCNc3nc(N4C(=O)OC[C@@H]4C(C)C)c4sccc4n3)cc2)CC1. The van der Waals surface area contributed by atoms with Gasteiger partial charge in [-0.3, -0.25) is 9.69 Å². The highest BCUT2D eigenvalue weighted by atomic mass is 32.1. The lowest BCUT2D eigenvalue weighted by Crippen LogP contribution is -2.41. The van der Waals surface area contributed by atoms with Crippen molar-refractivity contribution in [1.82, 2.24) is 14.9 Å². The number of aromatic nitrogens is 2. The van der Waals surface area contributed by atoms with E-state index < -0.39 is 0 Å². The highest BCUT2D eigenvalue weighted by molar-refractivity contribution is 7.17. The van der Waals surface area contributed by atoms with Crippen LogP contribution in [0.25, 0.3) is 10.2 Å². The molecular weight excluding hydrogens is 500 g/mol. The molecule has 0 unspecified atom stereocenters. The van der Waals surface area contributed by atoms with Gasteiger partial charge < -0.3 is 20.3 Å². The molecule has 2 fully saturated rings. The van der Waals surface area contributed by atoms with Gasteiger partial charge >= 0.3 is 6.09 Å². The normalized spacial score (nSPS) is 18.2. The number of cyclic esters (lactones) is 1. The Kier molecular flexibility index (Phi) is 7.78. The topological polar surface area (TPSA) is 99.7 Å². The maximum Gasteiger partial charge on any atom is 0.415 e. The number of carbonyl (C=O) groups excluding carboxylic acids is 2. The molecule has 10 heteroatoms. The van der Waals surface area contributed by atoms with Gasteiger partial charge in [0.25, 0.3) is 0 Å². The van der Waals surface area contributed by atoms with Gasteiger partial charge in [0.05, 0.1) is 16.3 Å². The van der Waals surface area contributed by atoms with Crippen LogP contribution in [0.2, 0.25) is 0 Å². The predicted octanol–water partition coefficient (Wildman–Crippen LogP) is 4.92. The van der Waals surface area contributed by atoms with Gasteiger partial charge in [0.1, 0.15) is 6.61 Å². The Hall–Kier alpha value is -3.66. The second-order valence-electron chi connectivity index (χ2n) is 10.1. The molecule has 1 aromatic carbocycles. The van der Waals surface area contributed by atoms with Crippen molar-refractivity contribution in [2.75, 3.05) is 41.8 Å². The first-order valence-corrected chi connectivity index (χ1v) is 14.0. The highest BCUT2D eigenvalue weighted by Crippen LogP contribution is 2.35. The van der Waals surface area contributed by atoms with Gasteiger partial charge in [-0.15, -0.1) is 11.3 Å². The van der Waals surface area contributed by atoms with Gasteiger partial charge in [-0.1, -0.05) is 32.6 Å². The van der Waals surface area contributed by atoms with Gasteiger partial charge in [0.2, 0.25) is 11.9 Å². The monoisotopic (exact) mass is 534 g/mol. The van der Waals surface area contributed by atoms with E-state index in [0.29, 0.717) is 31.0 Å². The summed E-state index contributed by atoms with van der Waals surface area (Å²) in [5.74, 6) is 1.38. The zero-order valence-electron chi connectivity index (χ0n) is 21.9. The van der Waals surface area contributed by atoms with Crippen LogP contribution in [-0.2, 0) is 16.0 Å². The number of rotatable bonds is 9. The Morgan fingerprint density at radius 2 is 1.97 bits per heavy atom. The number of piperidine rings is 1. The van der Waals surface area contributed by atoms with E-state index in [-0.39, 0.29) is 24.0 Å². The second-order valence-corrected chi connectivity index (χ2v) is 11.0. The van der Waals surface area contributed by atoms with E-state index in [9.17, 15) is 9.59 Å². The van der Waals surface area contributed by atoms with Crippen LogP contribution >= 0.6 is 11.3 Å². The first-order valence-electron chi connectivity index (χ1n) is 13.1. The van der Waals surface area contributed by atoms with E-state index in [1.165, 1.54) is 23.0 Å². The lowest BCUT2D eigenvalue weighted by atomic mass is 10.0. The van der Waals surface area contributed by atoms with Crippen molar-refractivity contribution < 1.29 is 14.3 Å². The number of ether oxygens (including phenoxy) is 1. The van der Waals surface area contributed by atoms with Gasteiger partial charge in [-0.05, 0) is 60.4 Å². The molecule has 2 amide bonds. The Morgan fingerprint density at radius 1 is 1.21 bits per heavy atom. The van der Waals surface area contributed by atoms with Crippen LogP contribution in [0.1, 0.15) is 32.3 Å². The molecule has 0 bridgehead atoms. The molecule has 0 saturated carbocycles. The number of anilines is 3. The van der Waals surface area contributed by atoms with Gasteiger partial charge in [-0.25, -0.2) is 9.78 Å². The summed E-state index contributed by atoms with van der Waals surface area (Å²) in [6, 6.07) is 10.7. The lowest BCUT2D eigenvalue weighted by molar-refractivity contribution is -0.126. The molecule has 1 atom stereocenters. The molecule has 2 aliphatic rings. The summed E-state index contributed by atoms with van der Waals surface area (Å²) < 4.78 is 6.25. The third kappa shape index (κ3) is 5.60. The van der Waals surface area contributed by atoms with Crippen LogP contribution in [0.4, 0.5) is 22.2 Å². The number of benzene rings is 1. The third-order valence-electron chi connectivity index (χ3n) is 7.19. The van der Waals surface area contributed by atoms with Crippen molar-refractivity contribution >= 4 is 51.0 Å². The van der Waals surface area contributed by atoms with E-state index >= 15 is 0 Å². The van der Waals surface area contributed by atoms with E-state index in [4.69, 9.17) is 9.72 Å². The smallest absolute Gasteiger partial charge is 0.415 e. The lowest BCUT2D eigenvalue weighted by Gasteiger charge is -2.32. The van der Waals surface area contributed by atoms with Crippen molar-refractivity contribution in [2.45, 2.75) is 45.2 Å². The minimum absolute atomic E-state index is 0.0107. The Morgan fingerprint density at radius 3 is 2.68 bits per heavy atom. The van der Waals surface area contributed by atoms with Crippen LogP contribution in [0.5, 0.6) is 0 Å². The summed E-state index contributed by atoms with van der Waals surface area (Å²) in [6.07, 6.45) is 3.69. The number of nitrogens with zero attached hydrogens (tertiary/aromatic N) is 4. The van der Waals surface area contributed by atoms with Crippen LogP contribution in [0.15, 0.2) is 48.4 Å². The summed E-state index contributed by atoms with van der Waals surface area (Å²) in [5, 5.41) is 8.90. The zero-order valence-corrected chi connectivity index (χ0v) is 22.7. The highest BCUT2D eigenvalue weighted by Gasteiger charge is 2.38. The molecule has 200 valence electrons. The molecule has 0 aliphatic carbocycles. The first kappa shape index (κ1) is 26.0. The molecule has 5 rings (SSSR count). The third-order valence-corrected chi connectivity index (χ3v) is 8.09. The molecule has 2 N–H and O–H groups in total. The summed E-state index contributed by atoms with van der Waals surface area (Å²) in [5.41, 5.74) is 3.11. The maximum atomic E-state index is 12.6. The van der Waals surface area contributed by atoms with Crippen molar-refractivity contribution in [3.8, 4) is 0 Å². The summed E-state index contributed by atoms with van der Waals surface area (Å²) in [7, 11) is 0. The molecule has 9 nitrogen and oxygen atoms in total. The molecule has 3 aromatic rings. The Labute approximate surface area is 226 Å². The maximum absolute atomic E-state index is 12.6. The fourth-order valence-electron chi connectivity index (χ4n) is 4.96. The van der Waals surface area contributed by atoms with E-state index in [2.05, 4.69) is 60.3 Å². The standard InChI is InChI=1S/C28H34N6O3S/c1-4-24(35)33-14-10-21(11-15-33)30-20-7-5-19(6-8-20)9-13-29-27-31-22-12-16-38-25(22)26(32-27)34-23(18(2)3)17-37-28(34)36/h4-8,12,16,18,21,23,30H,1,9-11,13-15,17H2,2-3H3,(H,29,31,32)/t23-/m1/s1. The zero-order chi connectivity index (χ0) is 26.6. The number of carbonyl (C=O) groups is 2. The number of fused-ring (bicyclic) bond motifs is 1. The average molecular weight is 535 g/mol. The summed E-state index contributed by atoms with van der Waals surface area (Å²) in [6.45, 7) is 10.3. The molecule has 4 heterocycles. The number of thiophene rings is 1. The fourth-order valence-corrected chi connectivity index (χ4v) is 5.77. The minimum atomic E-state index is -0.354. The van der Waals surface area contributed by atoms with Crippen LogP contribution in [-0.4, -0.2) is 65.2 Å². The predicted molar refractivity (Wildman–Crippen MR) is 152 cm³/mol. The number of hydrogen-bond acceptors (Lipinski definition) is 8. The Balaban J connectivity index is 1.18. The molecule has 0 spiro atoms. The van der Waals surface area contributed by atoms with Crippen molar-refractivity contribution in [3.05, 3.63) is 53.9 Å². The minimum Gasteiger partial charge on any atom is -0.447 e. The largest absolute Gasteiger partial charge is 0.447 e. The number of likely N-dealkylation sites (tertiary alicyclic amines) is 1. The van der Waals surface area contributed by atoms with Crippen LogP contribution in [0.3, 0.4) is 0 Å². The molecular formula is C28H34N6O3S. The molecule has 0 radical (unpaired) electrons.